The summed E-state index contributed by atoms with van der Waals surface area (Å²) in [6.45, 7) is 5.75. The Kier molecular flexibility index (Phi) is 5.53. The van der Waals surface area contributed by atoms with E-state index in [0.29, 0.717) is 43.3 Å². The van der Waals surface area contributed by atoms with Gasteiger partial charge in [0.15, 0.2) is 0 Å². The topological polar surface area (TPSA) is 113 Å². The standard InChI is InChI=1S/C20H29N7O2/c1-14-13-29-10-9-27(14)18-11-16(20(28)4-7-26(2)8-5-20)15(12-21)19(24-18)23-17-3-6-22-25-17/h3,6,11-12,14,21,28H,4-5,7-10,13H2,1-2H3,(H2,22,23,24,25). The maximum Gasteiger partial charge on any atom is 0.143 e. The number of nitrogens with one attached hydrogen (secondary N) is 3. The lowest BCUT2D eigenvalue weighted by Gasteiger charge is -2.39. The second-order valence-corrected chi connectivity index (χ2v) is 7.98. The number of aliphatic hydroxyl groups is 1. The first-order valence-electron chi connectivity index (χ1n) is 10.1. The second-order valence-electron chi connectivity index (χ2n) is 7.98. The lowest BCUT2D eigenvalue weighted by molar-refractivity contribution is -0.0204. The van der Waals surface area contributed by atoms with Crippen molar-refractivity contribution in [2.75, 3.05) is 50.1 Å². The number of morpholine rings is 1. The Balaban J connectivity index is 1.81. The smallest absolute Gasteiger partial charge is 0.143 e. The highest BCUT2D eigenvalue weighted by Gasteiger charge is 2.37. The van der Waals surface area contributed by atoms with Crippen LogP contribution in [0.3, 0.4) is 0 Å². The number of hydrogen-bond donors (Lipinski definition) is 4. The van der Waals surface area contributed by atoms with Crippen LogP contribution in [0.1, 0.15) is 30.9 Å². The van der Waals surface area contributed by atoms with Gasteiger partial charge in [0.1, 0.15) is 17.5 Å². The van der Waals surface area contributed by atoms with Crippen LogP contribution in [0.4, 0.5) is 17.5 Å². The Morgan fingerprint density at radius 2 is 2.17 bits per heavy atom. The number of anilines is 3. The molecule has 29 heavy (non-hydrogen) atoms. The molecule has 2 aliphatic heterocycles. The van der Waals surface area contributed by atoms with Gasteiger partial charge in [-0.1, -0.05) is 0 Å². The maximum atomic E-state index is 11.6. The number of ether oxygens (including phenoxy) is 1. The fourth-order valence-electron chi connectivity index (χ4n) is 4.09. The molecule has 4 N–H and O–H groups in total. The molecule has 2 aromatic heterocycles. The molecular weight excluding hydrogens is 370 g/mol. The molecule has 4 rings (SSSR count). The van der Waals surface area contributed by atoms with Gasteiger partial charge in [-0.3, -0.25) is 5.10 Å². The van der Waals surface area contributed by atoms with Gasteiger partial charge < -0.3 is 30.4 Å². The van der Waals surface area contributed by atoms with Crippen LogP contribution in [0.15, 0.2) is 18.3 Å². The number of pyridine rings is 1. The van der Waals surface area contributed by atoms with Crippen molar-refractivity contribution in [2.45, 2.75) is 31.4 Å². The summed E-state index contributed by atoms with van der Waals surface area (Å²) in [5, 5.41) is 29.7. The van der Waals surface area contributed by atoms with E-state index in [1.165, 1.54) is 6.21 Å². The summed E-state index contributed by atoms with van der Waals surface area (Å²) >= 11 is 0. The summed E-state index contributed by atoms with van der Waals surface area (Å²) in [6.07, 6.45) is 4.18. The highest BCUT2D eigenvalue weighted by atomic mass is 16.5. The summed E-state index contributed by atoms with van der Waals surface area (Å²) in [5.41, 5.74) is 0.374. The van der Waals surface area contributed by atoms with Gasteiger partial charge in [-0.05, 0) is 38.4 Å². The van der Waals surface area contributed by atoms with E-state index in [4.69, 9.17) is 15.1 Å². The Labute approximate surface area is 170 Å². The third-order valence-electron chi connectivity index (χ3n) is 5.92. The molecule has 0 amide bonds. The SMILES string of the molecule is CC1COCCN1c1cc(C2(O)CCN(C)CC2)c(C=N)c(Nc2ccn[nH]2)n1. The van der Waals surface area contributed by atoms with Gasteiger partial charge in [-0.15, -0.1) is 0 Å². The first kappa shape index (κ1) is 19.8. The zero-order valence-electron chi connectivity index (χ0n) is 17.0. The predicted octanol–water partition coefficient (Wildman–Crippen LogP) is 1.68. The predicted molar refractivity (Wildman–Crippen MR) is 112 cm³/mol. The minimum Gasteiger partial charge on any atom is -0.385 e. The summed E-state index contributed by atoms with van der Waals surface area (Å²) in [6, 6.07) is 3.96. The van der Waals surface area contributed by atoms with Crippen molar-refractivity contribution in [3.63, 3.8) is 0 Å². The number of hydrogen-bond acceptors (Lipinski definition) is 8. The average molecular weight is 399 g/mol. The molecule has 0 saturated carbocycles. The first-order chi connectivity index (χ1) is 14.0. The molecule has 9 nitrogen and oxygen atoms in total. The molecule has 9 heteroatoms. The third-order valence-corrected chi connectivity index (χ3v) is 5.92. The molecule has 2 fully saturated rings. The van der Waals surface area contributed by atoms with E-state index in [2.05, 4.69) is 39.3 Å². The van der Waals surface area contributed by atoms with Gasteiger partial charge in [-0.25, -0.2) is 4.98 Å². The van der Waals surface area contributed by atoms with Crippen molar-refractivity contribution in [1.29, 1.82) is 5.41 Å². The zero-order valence-corrected chi connectivity index (χ0v) is 17.0. The van der Waals surface area contributed by atoms with E-state index in [-0.39, 0.29) is 6.04 Å². The number of aromatic nitrogens is 3. The van der Waals surface area contributed by atoms with Gasteiger partial charge in [0.25, 0.3) is 0 Å². The Morgan fingerprint density at radius 3 is 2.83 bits per heavy atom. The van der Waals surface area contributed by atoms with Crippen LogP contribution < -0.4 is 10.2 Å². The van der Waals surface area contributed by atoms with Crippen LogP contribution >= 0.6 is 0 Å². The molecule has 4 heterocycles. The molecule has 0 aliphatic carbocycles. The van der Waals surface area contributed by atoms with E-state index < -0.39 is 5.60 Å². The Bertz CT molecular complexity index is 847. The van der Waals surface area contributed by atoms with Crippen molar-refractivity contribution in [2.24, 2.45) is 0 Å². The van der Waals surface area contributed by atoms with Crippen LogP contribution in [0.2, 0.25) is 0 Å². The molecule has 2 aromatic rings. The number of nitrogens with zero attached hydrogens (tertiary/aromatic N) is 4. The monoisotopic (exact) mass is 399 g/mol. The average Bonchev–Trinajstić information content (AvgIpc) is 3.23. The van der Waals surface area contributed by atoms with Crippen molar-refractivity contribution < 1.29 is 9.84 Å². The zero-order chi connectivity index (χ0) is 20.4. The minimum atomic E-state index is -0.989. The Morgan fingerprint density at radius 1 is 1.38 bits per heavy atom. The molecule has 2 aliphatic rings. The molecule has 1 atom stereocenters. The molecule has 0 spiro atoms. The first-order valence-corrected chi connectivity index (χ1v) is 10.1. The van der Waals surface area contributed by atoms with Crippen molar-refractivity contribution in [3.05, 3.63) is 29.5 Å². The molecule has 156 valence electrons. The number of aromatic amines is 1. The van der Waals surface area contributed by atoms with Crippen molar-refractivity contribution in [3.8, 4) is 0 Å². The molecule has 0 radical (unpaired) electrons. The van der Waals surface area contributed by atoms with Crippen LogP contribution in [-0.4, -0.2) is 77.3 Å². The molecule has 0 bridgehead atoms. The third kappa shape index (κ3) is 3.98. The normalized spacial score (nSPS) is 22.4. The van der Waals surface area contributed by atoms with E-state index in [1.54, 1.807) is 6.20 Å². The summed E-state index contributed by atoms with van der Waals surface area (Å²) < 4.78 is 5.58. The number of H-pyrrole nitrogens is 1. The highest BCUT2D eigenvalue weighted by Crippen LogP contribution is 2.38. The molecule has 0 aromatic carbocycles. The summed E-state index contributed by atoms with van der Waals surface area (Å²) in [7, 11) is 2.07. The van der Waals surface area contributed by atoms with E-state index >= 15 is 0 Å². The van der Waals surface area contributed by atoms with Crippen molar-refractivity contribution in [1.82, 2.24) is 20.1 Å². The van der Waals surface area contributed by atoms with Gasteiger partial charge in [0, 0.05) is 37.5 Å². The van der Waals surface area contributed by atoms with Crippen LogP contribution in [0.25, 0.3) is 0 Å². The van der Waals surface area contributed by atoms with Crippen LogP contribution in [0, 0.1) is 5.41 Å². The molecular formula is C20H29N7O2. The maximum absolute atomic E-state index is 11.6. The summed E-state index contributed by atoms with van der Waals surface area (Å²) in [5.74, 6) is 2.02. The van der Waals surface area contributed by atoms with E-state index in [0.717, 1.165) is 31.0 Å². The van der Waals surface area contributed by atoms with Gasteiger partial charge in [0.2, 0.25) is 0 Å². The van der Waals surface area contributed by atoms with Gasteiger partial charge >= 0.3 is 0 Å². The van der Waals surface area contributed by atoms with Crippen LogP contribution in [-0.2, 0) is 10.3 Å². The summed E-state index contributed by atoms with van der Waals surface area (Å²) in [4.78, 5) is 9.26. The van der Waals surface area contributed by atoms with E-state index in [1.807, 2.05) is 12.1 Å². The fraction of sp³-hybridized carbons (Fsp3) is 0.550. The fourth-order valence-corrected chi connectivity index (χ4v) is 4.09. The van der Waals surface area contributed by atoms with E-state index in [9.17, 15) is 5.11 Å². The molecule has 1 unspecified atom stereocenters. The number of likely N-dealkylation sites (tertiary alicyclic amines) is 1. The van der Waals surface area contributed by atoms with Crippen LogP contribution in [0.5, 0.6) is 0 Å². The number of rotatable bonds is 5. The molecule has 2 saturated heterocycles. The number of piperidine rings is 1. The van der Waals surface area contributed by atoms with Gasteiger partial charge in [0.05, 0.1) is 31.1 Å². The minimum absolute atomic E-state index is 0.182. The van der Waals surface area contributed by atoms with Crippen molar-refractivity contribution >= 4 is 23.7 Å². The highest BCUT2D eigenvalue weighted by molar-refractivity contribution is 5.89. The quantitative estimate of drug-likeness (QED) is 0.566. The van der Waals surface area contributed by atoms with Gasteiger partial charge in [-0.2, -0.15) is 5.10 Å². The lowest BCUT2D eigenvalue weighted by Crippen LogP contribution is -2.45. The lowest BCUT2D eigenvalue weighted by atomic mass is 9.82. The largest absolute Gasteiger partial charge is 0.385 e. The Hall–Kier alpha value is -2.49. The second kappa shape index (κ2) is 8.10.